The summed E-state index contributed by atoms with van der Waals surface area (Å²) < 4.78 is 77.3. The Balaban J connectivity index is 2.40. The number of nitrogens with one attached hydrogen (secondary N) is 1. The SMILES string of the molecule is Nc1cc(S(=O)(=O)NC2(C(F)(F)F)CC2)c(F)cc1Br. The van der Waals surface area contributed by atoms with Gasteiger partial charge >= 0.3 is 6.18 Å². The van der Waals surface area contributed by atoms with Crippen LogP contribution in [0.3, 0.4) is 0 Å². The molecule has 1 fully saturated rings. The third-order valence-electron chi connectivity index (χ3n) is 2.96. The average Bonchev–Trinajstić information content (AvgIpc) is 3.02. The highest BCUT2D eigenvalue weighted by Gasteiger charge is 2.65. The predicted octanol–water partition coefficient (Wildman–Crippen LogP) is 2.54. The lowest BCUT2D eigenvalue weighted by molar-refractivity contribution is -0.160. The van der Waals surface area contributed by atoms with Gasteiger partial charge in [-0.2, -0.15) is 17.9 Å². The van der Waals surface area contributed by atoms with Gasteiger partial charge in [0.15, 0.2) is 0 Å². The lowest BCUT2D eigenvalue weighted by Gasteiger charge is -2.21. The molecule has 0 atom stereocenters. The molecule has 0 aliphatic heterocycles. The molecule has 4 nitrogen and oxygen atoms in total. The molecular weight excluding hydrogens is 368 g/mol. The number of rotatable bonds is 3. The first kappa shape index (κ1) is 15.5. The molecule has 2 rings (SSSR count). The summed E-state index contributed by atoms with van der Waals surface area (Å²) in [6, 6.07) is 1.56. The van der Waals surface area contributed by atoms with E-state index in [1.54, 1.807) is 0 Å². The zero-order valence-electron chi connectivity index (χ0n) is 9.76. The van der Waals surface area contributed by atoms with Gasteiger partial charge in [-0.3, -0.25) is 0 Å². The van der Waals surface area contributed by atoms with E-state index in [2.05, 4.69) is 15.9 Å². The Morgan fingerprint density at radius 2 is 1.85 bits per heavy atom. The van der Waals surface area contributed by atoms with Gasteiger partial charge in [-0.25, -0.2) is 12.8 Å². The molecule has 112 valence electrons. The maximum atomic E-state index is 13.6. The summed E-state index contributed by atoms with van der Waals surface area (Å²) in [6.07, 6.45) is -5.47. The maximum Gasteiger partial charge on any atom is 0.407 e. The van der Waals surface area contributed by atoms with Gasteiger partial charge in [0.1, 0.15) is 16.3 Å². The second-order valence-electron chi connectivity index (χ2n) is 4.49. The van der Waals surface area contributed by atoms with E-state index in [0.29, 0.717) is 0 Å². The number of halogens is 5. The largest absolute Gasteiger partial charge is 0.407 e. The molecule has 0 saturated heterocycles. The minimum Gasteiger partial charge on any atom is -0.398 e. The van der Waals surface area contributed by atoms with Gasteiger partial charge in [-0.05, 0) is 40.9 Å². The highest BCUT2D eigenvalue weighted by molar-refractivity contribution is 9.10. The van der Waals surface area contributed by atoms with Crippen molar-refractivity contribution in [3.63, 3.8) is 0 Å². The summed E-state index contributed by atoms with van der Waals surface area (Å²) >= 11 is 2.89. The Bertz CT molecular complexity index is 656. The molecule has 1 aliphatic carbocycles. The van der Waals surface area contributed by atoms with Crippen molar-refractivity contribution in [2.24, 2.45) is 0 Å². The van der Waals surface area contributed by atoms with Gasteiger partial charge in [-0.15, -0.1) is 0 Å². The molecule has 0 aromatic heterocycles. The van der Waals surface area contributed by atoms with Gasteiger partial charge in [0, 0.05) is 10.2 Å². The number of benzene rings is 1. The van der Waals surface area contributed by atoms with Crippen LogP contribution in [0.5, 0.6) is 0 Å². The number of hydrogen-bond acceptors (Lipinski definition) is 3. The third kappa shape index (κ3) is 2.63. The van der Waals surface area contributed by atoms with Crippen molar-refractivity contribution in [2.75, 3.05) is 5.73 Å². The molecule has 1 aromatic carbocycles. The van der Waals surface area contributed by atoms with Crippen molar-refractivity contribution < 1.29 is 26.0 Å². The first-order valence-electron chi connectivity index (χ1n) is 5.34. The van der Waals surface area contributed by atoms with Crippen LogP contribution >= 0.6 is 15.9 Å². The van der Waals surface area contributed by atoms with E-state index in [1.165, 1.54) is 4.72 Å². The lowest BCUT2D eigenvalue weighted by atomic mass is 10.3. The number of anilines is 1. The van der Waals surface area contributed by atoms with Crippen LogP contribution in [0.15, 0.2) is 21.5 Å². The molecule has 10 heteroatoms. The first-order chi connectivity index (χ1) is 8.98. The monoisotopic (exact) mass is 376 g/mol. The minimum absolute atomic E-state index is 0.0939. The first-order valence-corrected chi connectivity index (χ1v) is 7.61. The van der Waals surface area contributed by atoms with Crippen LogP contribution in [0.1, 0.15) is 12.8 Å². The summed E-state index contributed by atoms with van der Waals surface area (Å²) in [4.78, 5) is -0.909. The molecular formula is C10H9BrF4N2O2S. The van der Waals surface area contributed by atoms with Crippen LogP contribution < -0.4 is 10.5 Å². The van der Waals surface area contributed by atoms with E-state index >= 15 is 0 Å². The highest BCUT2D eigenvalue weighted by atomic mass is 79.9. The third-order valence-corrected chi connectivity index (χ3v) is 5.20. The Morgan fingerprint density at radius 3 is 2.30 bits per heavy atom. The van der Waals surface area contributed by atoms with Crippen LogP contribution in [0, 0.1) is 5.82 Å². The van der Waals surface area contributed by atoms with Gasteiger partial charge in [0.2, 0.25) is 10.0 Å². The number of nitrogen functional groups attached to an aromatic ring is 1. The summed E-state index contributed by atoms with van der Waals surface area (Å²) in [5.41, 5.74) is 2.83. The van der Waals surface area contributed by atoms with E-state index in [4.69, 9.17) is 5.73 Å². The summed E-state index contributed by atoms with van der Waals surface area (Å²) in [7, 11) is -4.65. The van der Waals surface area contributed by atoms with Crippen LogP contribution in [0.4, 0.5) is 23.2 Å². The fourth-order valence-corrected chi connectivity index (χ4v) is 3.49. The second-order valence-corrected chi connectivity index (χ2v) is 6.99. The van der Waals surface area contributed by atoms with E-state index in [-0.39, 0.29) is 23.0 Å². The van der Waals surface area contributed by atoms with Crippen molar-refractivity contribution in [1.82, 2.24) is 4.72 Å². The van der Waals surface area contributed by atoms with Crippen molar-refractivity contribution in [2.45, 2.75) is 29.5 Å². The zero-order valence-corrected chi connectivity index (χ0v) is 12.2. The molecule has 1 aromatic rings. The Morgan fingerprint density at radius 1 is 1.30 bits per heavy atom. The van der Waals surface area contributed by atoms with Crippen LogP contribution in [-0.4, -0.2) is 20.1 Å². The number of alkyl halides is 3. The Kier molecular flexibility index (Phi) is 3.54. The van der Waals surface area contributed by atoms with Crippen molar-refractivity contribution in [1.29, 1.82) is 0 Å². The molecule has 3 N–H and O–H groups in total. The zero-order chi connectivity index (χ0) is 15.3. The van der Waals surface area contributed by atoms with Crippen molar-refractivity contribution in [3.05, 3.63) is 22.4 Å². The standard InChI is InChI=1S/C10H9BrF4N2O2S/c11-5-3-6(12)8(4-7(5)16)20(18,19)17-9(1-2-9)10(13,14)15/h3-4,17H,1-2,16H2. The fourth-order valence-electron chi connectivity index (χ4n) is 1.63. The van der Waals surface area contributed by atoms with Crippen molar-refractivity contribution >= 4 is 31.6 Å². The minimum atomic E-state index is -4.72. The van der Waals surface area contributed by atoms with Crippen LogP contribution in [0.2, 0.25) is 0 Å². The van der Waals surface area contributed by atoms with Gasteiger partial charge < -0.3 is 5.73 Å². The molecule has 0 amide bonds. The number of hydrogen-bond donors (Lipinski definition) is 2. The van der Waals surface area contributed by atoms with Gasteiger partial charge in [0.25, 0.3) is 0 Å². The molecule has 0 radical (unpaired) electrons. The summed E-state index contributed by atoms with van der Waals surface area (Å²) in [5, 5.41) is 0. The highest BCUT2D eigenvalue weighted by Crippen LogP contribution is 2.49. The smallest absolute Gasteiger partial charge is 0.398 e. The molecule has 0 unspecified atom stereocenters. The topological polar surface area (TPSA) is 72.2 Å². The second kappa shape index (κ2) is 4.57. The summed E-state index contributed by atoms with van der Waals surface area (Å²) in [6.45, 7) is 0. The molecule has 20 heavy (non-hydrogen) atoms. The van der Waals surface area contributed by atoms with Gasteiger partial charge in [-0.1, -0.05) is 0 Å². The maximum absolute atomic E-state index is 13.6. The van der Waals surface area contributed by atoms with E-state index in [0.717, 1.165) is 12.1 Å². The lowest BCUT2D eigenvalue weighted by Crippen LogP contribution is -2.47. The average molecular weight is 377 g/mol. The Labute approximate surface area is 120 Å². The van der Waals surface area contributed by atoms with Crippen LogP contribution in [-0.2, 0) is 10.0 Å². The number of sulfonamides is 1. The molecule has 0 spiro atoms. The van der Waals surface area contributed by atoms with Crippen LogP contribution in [0.25, 0.3) is 0 Å². The number of nitrogens with two attached hydrogens (primary N) is 1. The fraction of sp³-hybridized carbons (Fsp3) is 0.400. The van der Waals surface area contributed by atoms with Gasteiger partial charge in [0.05, 0.1) is 0 Å². The quantitative estimate of drug-likeness (QED) is 0.628. The molecule has 1 saturated carbocycles. The predicted molar refractivity (Wildman–Crippen MR) is 66.9 cm³/mol. The Hall–Kier alpha value is -0.870. The molecule has 0 heterocycles. The van der Waals surface area contributed by atoms with E-state index in [1.807, 2.05) is 0 Å². The van der Waals surface area contributed by atoms with Crippen molar-refractivity contribution in [3.8, 4) is 0 Å². The van der Waals surface area contributed by atoms with E-state index in [9.17, 15) is 26.0 Å². The molecule has 0 bridgehead atoms. The summed E-state index contributed by atoms with van der Waals surface area (Å²) in [5.74, 6) is -1.18. The normalized spacial score (nSPS) is 18.1. The van der Waals surface area contributed by atoms with E-state index < -0.39 is 32.5 Å². The molecule has 1 aliphatic rings.